The topological polar surface area (TPSA) is 71.1 Å². The number of amides is 2. The fraction of sp³-hybridized carbons (Fsp3) is 0.211. The Kier molecular flexibility index (Phi) is 5.27. The average molecular weight is 371 g/mol. The Morgan fingerprint density at radius 1 is 1.12 bits per heavy atom. The van der Waals surface area contributed by atoms with Crippen LogP contribution in [0.3, 0.4) is 0 Å². The van der Waals surface area contributed by atoms with Gasteiger partial charge in [0.05, 0.1) is 16.6 Å². The molecule has 7 heteroatoms. The lowest BCUT2D eigenvalue weighted by molar-refractivity contribution is -0.119. The second-order valence-electron chi connectivity index (χ2n) is 6.20. The summed E-state index contributed by atoms with van der Waals surface area (Å²) in [6.07, 6.45) is 0.158. The number of nitrogens with zero attached hydrogens (tertiary/aromatic N) is 1. The Balaban J connectivity index is 1.69. The normalized spacial score (nSPS) is 10.9. The molecule has 0 radical (unpaired) electrons. The molecule has 2 aromatic carbocycles. The summed E-state index contributed by atoms with van der Waals surface area (Å²) in [6, 6.07) is 11.2. The molecule has 1 aromatic heterocycles. The SMILES string of the molecule is CC(C)C(=O)Nc1nc2cc(NC(=O)Cc3ccc(F)cc3)ccc2s1. The minimum absolute atomic E-state index is 0.0862. The number of benzene rings is 2. The van der Waals surface area contributed by atoms with Gasteiger partial charge < -0.3 is 10.6 Å². The highest BCUT2D eigenvalue weighted by Crippen LogP contribution is 2.28. The maximum absolute atomic E-state index is 12.9. The minimum atomic E-state index is -0.330. The number of hydrogen-bond donors (Lipinski definition) is 2. The van der Waals surface area contributed by atoms with Crippen LogP contribution in [0.4, 0.5) is 15.2 Å². The molecule has 134 valence electrons. The number of rotatable bonds is 5. The first-order valence-electron chi connectivity index (χ1n) is 8.16. The highest BCUT2D eigenvalue weighted by Gasteiger charge is 2.12. The van der Waals surface area contributed by atoms with Gasteiger partial charge in [0.25, 0.3) is 0 Å². The van der Waals surface area contributed by atoms with E-state index in [1.807, 2.05) is 19.9 Å². The molecular formula is C19H18FN3O2S. The van der Waals surface area contributed by atoms with E-state index in [1.54, 1.807) is 24.3 Å². The molecule has 26 heavy (non-hydrogen) atoms. The molecule has 0 saturated heterocycles. The van der Waals surface area contributed by atoms with E-state index in [1.165, 1.54) is 23.5 Å². The first kappa shape index (κ1) is 18.0. The monoisotopic (exact) mass is 371 g/mol. The molecular weight excluding hydrogens is 353 g/mol. The molecule has 0 bridgehead atoms. The molecule has 0 fully saturated rings. The number of anilines is 2. The van der Waals surface area contributed by atoms with Gasteiger partial charge in [0.15, 0.2) is 5.13 Å². The van der Waals surface area contributed by atoms with Crippen molar-refractivity contribution in [3.05, 3.63) is 53.8 Å². The minimum Gasteiger partial charge on any atom is -0.326 e. The van der Waals surface area contributed by atoms with E-state index in [2.05, 4.69) is 15.6 Å². The first-order valence-corrected chi connectivity index (χ1v) is 8.98. The van der Waals surface area contributed by atoms with E-state index in [-0.39, 0.29) is 30.0 Å². The number of carbonyl (C=O) groups excluding carboxylic acids is 2. The highest BCUT2D eigenvalue weighted by atomic mass is 32.1. The Morgan fingerprint density at radius 2 is 1.85 bits per heavy atom. The smallest absolute Gasteiger partial charge is 0.228 e. The lowest BCUT2D eigenvalue weighted by atomic mass is 10.1. The molecule has 2 N–H and O–H groups in total. The van der Waals surface area contributed by atoms with Crippen LogP contribution in [0.1, 0.15) is 19.4 Å². The number of fused-ring (bicyclic) bond motifs is 1. The van der Waals surface area contributed by atoms with Crippen molar-refractivity contribution in [3.63, 3.8) is 0 Å². The van der Waals surface area contributed by atoms with Crippen molar-refractivity contribution in [3.8, 4) is 0 Å². The van der Waals surface area contributed by atoms with Crippen LogP contribution in [0.5, 0.6) is 0 Å². The van der Waals surface area contributed by atoms with Crippen LogP contribution < -0.4 is 10.6 Å². The molecule has 0 aliphatic carbocycles. The Hall–Kier alpha value is -2.80. The lowest BCUT2D eigenvalue weighted by Crippen LogP contribution is -2.17. The van der Waals surface area contributed by atoms with Gasteiger partial charge in [-0.3, -0.25) is 9.59 Å². The van der Waals surface area contributed by atoms with Gasteiger partial charge in [-0.1, -0.05) is 37.3 Å². The second-order valence-corrected chi connectivity index (χ2v) is 7.23. The third-order valence-electron chi connectivity index (χ3n) is 3.70. The molecule has 2 amide bonds. The molecule has 0 saturated carbocycles. The quantitative estimate of drug-likeness (QED) is 0.706. The van der Waals surface area contributed by atoms with E-state index in [4.69, 9.17) is 0 Å². The predicted molar refractivity (Wildman–Crippen MR) is 102 cm³/mol. The van der Waals surface area contributed by atoms with Gasteiger partial charge in [-0.05, 0) is 35.9 Å². The van der Waals surface area contributed by atoms with Crippen molar-refractivity contribution in [1.82, 2.24) is 4.98 Å². The molecule has 3 aromatic rings. The van der Waals surface area contributed by atoms with Gasteiger partial charge in [-0.25, -0.2) is 9.37 Å². The van der Waals surface area contributed by atoms with E-state index in [9.17, 15) is 14.0 Å². The fourth-order valence-electron chi connectivity index (χ4n) is 2.30. The second kappa shape index (κ2) is 7.61. The predicted octanol–water partition coefficient (Wildman–Crippen LogP) is 4.21. The van der Waals surface area contributed by atoms with E-state index < -0.39 is 0 Å². The number of nitrogens with one attached hydrogen (secondary N) is 2. The summed E-state index contributed by atoms with van der Waals surface area (Å²) in [5.41, 5.74) is 2.06. The summed E-state index contributed by atoms with van der Waals surface area (Å²) >= 11 is 1.38. The summed E-state index contributed by atoms with van der Waals surface area (Å²) < 4.78 is 13.8. The number of thiazole rings is 1. The van der Waals surface area contributed by atoms with Gasteiger partial charge in [-0.15, -0.1) is 0 Å². The summed E-state index contributed by atoms with van der Waals surface area (Å²) in [5, 5.41) is 6.12. The van der Waals surface area contributed by atoms with Crippen LogP contribution >= 0.6 is 11.3 Å². The average Bonchev–Trinajstić information content (AvgIpc) is 2.98. The zero-order valence-electron chi connectivity index (χ0n) is 14.4. The maximum Gasteiger partial charge on any atom is 0.228 e. The number of aromatic nitrogens is 1. The van der Waals surface area contributed by atoms with Crippen molar-refractivity contribution in [2.45, 2.75) is 20.3 Å². The molecule has 0 atom stereocenters. The van der Waals surface area contributed by atoms with Crippen LogP contribution in [-0.4, -0.2) is 16.8 Å². The van der Waals surface area contributed by atoms with Crippen LogP contribution in [0.2, 0.25) is 0 Å². The zero-order chi connectivity index (χ0) is 18.7. The summed E-state index contributed by atoms with van der Waals surface area (Å²) in [4.78, 5) is 28.3. The summed E-state index contributed by atoms with van der Waals surface area (Å²) in [5.74, 6) is -0.733. The highest BCUT2D eigenvalue weighted by molar-refractivity contribution is 7.22. The van der Waals surface area contributed by atoms with Gasteiger partial charge in [0, 0.05) is 11.6 Å². The zero-order valence-corrected chi connectivity index (χ0v) is 15.2. The third-order valence-corrected chi connectivity index (χ3v) is 4.66. The Labute approximate surface area is 154 Å². The van der Waals surface area contributed by atoms with Crippen molar-refractivity contribution in [2.75, 3.05) is 10.6 Å². The van der Waals surface area contributed by atoms with Gasteiger partial charge >= 0.3 is 0 Å². The first-order chi connectivity index (χ1) is 12.4. The number of halogens is 1. The Bertz CT molecular complexity index is 951. The third kappa shape index (κ3) is 4.43. The van der Waals surface area contributed by atoms with Crippen molar-refractivity contribution in [2.24, 2.45) is 5.92 Å². The van der Waals surface area contributed by atoms with Crippen molar-refractivity contribution in [1.29, 1.82) is 0 Å². The van der Waals surface area contributed by atoms with Crippen LogP contribution in [0.15, 0.2) is 42.5 Å². The Morgan fingerprint density at radius 3 is 2.54 bits per heavy atom. The van der Waals surface area contributed by atoms with Crippen molar-refractivity contribution < 1.29 is 14.0 Å². The molecule has 3 rings (SSSR count). The summed E-state index contributed by atoms with van der Waals surface area (Å²) in [6.45, 7) is 3.63. The standard InChI is InChI=1S/C19H18FN3O2S/c1-11(2)18(25)23-19-22-15-10-14(7-8-16(15)26-19)21-17(24)9-12-3-5-13(20)6-4-12/h3-8,10-11H,9H2,1-2H3,(H,21,24)(H,22,23,25). The molecule has 1 heterocycles. The maximum atomic E-state index is 12.9. The molecule has 0 spiro atoms. The largest absolute Gasteiger partial charge is 0.326 e. The van der Waals surface area contributed by atoms with E-state index in [0.29, 0.717) is 16.3 Å². The fourth-order valence-corrected chi connectivity index (χ4v) is 3.15. The van der Waals surface area contributed by atoms with Gasteiger partial charge in [-0.2, -0.15) is 0 Å². The number of carbonyl (C=O) groups is 2. The van der Waals surface area contributed by atoms with Crippen molar-refractivity contribution >= 4 is 44.2 Å². The van der Waals surface area contributed by atoms with Crippen LogP contribution in [0.25, 0.3) is 10.2 Å². The molecule has 0 unspecified atom stereocenters. The van der Waals surface area contributed by atoms with E-state index in [0.717, 1.165) is 10.3 Å². The van der Waals surface area contributed by atoms with Gasteiger partial charge in [0.1, 0.15) is 5.82 Å². The molecule has 5 nitrogen and oxygen atoms in total. The molecule has 0 aliphatic heterocycles. The van der Waals surface area contributed by atoms with Crippen LogP contribution in [-0.2, 0) is 16.0 Å². The number of hydrogen-bond acceptors (Lipinski definition) is 4. The lowest BCUT2D eigenvalue weighted by Gasteiger charge is -2.05. The molecule has 0 aliphatic rings. The van der Waals surface area contributed by atoms with Gasteiger partial charge in [0.2, 0.25) is 11.8 Å². The summed E-state index contributed by atoms with van der Waals surface area (Å²) in [7, 11) is 0. The van der Waals surface area contributed by atoms with E-state index >= 15 is 0 Å². The van der Waals surface area contributed by atoms with Crippen LogP contribution in [0, 0.1) is 11.7 Å².